The molecule has 6 nitrogen and oxygen atoms in total. The van der Waals surface area contributed by atoms with Gasteiger partial charge >= 0.3 is 0 Å². The van der Waals surface area contributed by atoms with Crippen LogP contribution in [0.4, 0.5) is 14.6 Å². The van der Waals surface area contributed by atoms with Crippen LogP contribution in [0.3, 0.4) is 0 Å². The van der Waals surface area contributed by atoms with Gasteiger partial charge in [0.15, 0.2) is 5.82 Å². The molecule has 8 heteroatoms. The number of H-pyrrole nitrogens is 1. The van der Waals surface area contributed by atoms with Crippen molar-refractivity contribution in [3.63, 3.8) is 0 Å². The highest BCUT2D eigenvalue weighted by molar-refractivity contribution is 5.95. The van der Waals surface area contributed by atoms with E-state index >= 15 is 0 Å². The van der Waals surface area contributed by atoms with Crippen LogP contribution in [-0.4, -0.2) is 53.0 Å². The average Bonchev–Trinajstić information content (AvgIpc) is 3.34. The van der Waals surface area contributed by atoms with Gasteiger partial charge in [0.2, 0.25) is 0 Å². The number of aromatic nitrogens is 2. The molecule has 4 rings (SSSR count). The predicted octanol–water partition coefficient (Wildman–Crippen LogP) is 4.44. The van der Waals surface area contributed by atoms with Gasteiger partial charge in [0.25, 0.3) is 5.92 Å². The molecule has 0 amide bonds. The summed E-state index contributed by atoms with van der Waals surface area (Å²) in [4.78, 5) is 6.55. The van der Waals surface area contributed by atoms with Crippen molar-refractivity contribution in [3.05, 3.63) is 36.3 Å². The second-order valence-corrected chi connectivity index (χ2v) is 9.50. The molecule has 1 unspecified atom stereocenters. The SMILES string of the molecule is C=C(NC(/C=C\C)=Nc1cc(C2CCCC2)[nH]n1)NC1CCC2(CN(C)C2)C(F)(F)C1. The number of aliphatic imine (C=N–C) groups is 1. The average molecular weight is 433 g/mol. The Morgan fingerprint density at radius 1 is 1.32 bits per heavy atom. The molecule has 0 bridgehead atoms. The third kappa shape index (κ3) is 4.68. The molecule has 2 heterocycles. The van der Waals surface area contributed by atoms with Gasteiger partial charge in [-0.25, -0.2) is 13.8 Å². The molecule has 3 fully saturated rings. The molecular weight excluding hydrogens is 398 g/mol. The first-order chi connectivity index (χ1) is 14.8. The van der Waals surface area contributed by atoms with Crippen molar-refractivity contribution in [3.8, 4) is 0 Å². The Balaban J connectivity index is 1.35. The van der Waals surface area contributed by atoms with Gasteiger partial charge in [-0.3, -0.25) is 5.10 Å². The molecule has 1 atom stereocenters. The van der Waals surface area contributed by atoms with E-state index in [0.717, 1.165) is 5.69 Å². The maximum absolute atomic E-state index is 14.8. The fourth-order valence-corrected chi connectivity index (χ4v) is 5.42. The standard InChI is InChI=1S/C23H34F2N6/c1-4-7-20(28-21-12-19(29-30-21)17-8-5-6-9-17)27-16(2)26-18-10-11-22(14-31(3)15-22)23(24,25)13-18/h4,7,12,17-18,26H,2,5-6,8-11,13-15H2,1,3H3,(H2,27,28,29,30)/b7-4-. The summed E-state index contributed by atoms with van der Waals surface area (Å²) in [5, 5.41) is 13.7. The Bertz CT molecular complexity index is 846. The lowest BCUT2D eigenvalue weighted by molar-refractivity contribution is -0.211. The van der Waals surface area contributed by atoms with E-state index < -0.39 is 11.3 Å². The molecular formula is C23H34F2N6. The van der Waals surface area contributed by atoms with Crippen molar-refractivity contribution in [1.29, 1.82) is 0 Å². The van der Waals surface area contributed by atoms with Crippen molar-refractivity contribution in [2.24, 2.45) is 10.4 Å². The molecule has 31 heavy (non-hydrogen) atoms. The molecule has 0 radical (unpaired) electrons. The number of nitrogens with one attached hydrogen (secondary N) is 3. The molecule has 1 aliphatic heterocycles. The lowest BCUT2D eigenvalue weighted by atomic mass is 9.65. The Hall–Kier alpha value is -2.22. The monoisotopic (exact) mass is 432 g/mol. The van der Waals surface area contributed by atoms with Crippen LogP contribution >= 0.6 is 0 Å². The van der Waals surface area contributed by atoms with Gasteiger partial charge in [0.05, 0.1) is 11.2 Å². The van der Waals surface area contributed by atoms with Crippen molar-refractivity contribution >= 4 is 11.7 Å². The normalized spacial score (nSPS) is 26.3. The van der Waals surface area contributed by atoms with E-state index in [-0.39, 0.29) is 12.5 Å². The molecule has 170 valence electrons. The van der Waals surface area contributed by atoms with Gasteiger partial charge in [0, 0.05) is 43.2 Å². The summed E-state index contributed by atoms with van der Waals surface area (Å²) in [5.41, 5.74) is 0.288. The van der Waals surface area contributed by atoms with Crippen LogP contribution < -0.4 is 10.6 Å². The molecule has 1 spiro atoms. The van der Waals surface area contributed by atoms with Crippen LogP contribution in [0.2, 0.25) is 0 Å². The first kappa shape index (κ1) is 22.0. The van der Waals surface area contributed by atoms with Crippen LogP contribution in [0.1, 0.15) is 63.5 Å². The summed E-state index contributed by atoms with van der Waals surface area (Å²) in [7, 11) is 1.90. The third-order valence-electron chi connectivity index (χ3n) is 6.99. The van der Waals surface area contributed by atoms with E-state index in [1.807, 2.05) is 37.1 Å². The van der Waals surface area contributed by atoms with Crippen LogP contribution in [0, 0.1) is 5.41 Å². The number of alkyl halides is 2. The Labute approximate surface area is 183 Å². The minimum atomic E-state index is -2.67. The molecule has 1 aromatic rings. The first-order valence-corrected chi connectivity index (χ1v) is 11.4. The van der Waals surface area contributed by atoms with Gasteiger partial charge in [0.1, 0.15) is 5.84 Å². The minimum absolute atomic E-state index is 0.165. The minimum Gasteiger partial charge on any atom is -0.369 e. The maximum atomic E-state index is 14.8. The number of nitrogens with zero attached hydrogens (tertiary/aromatic N) is 3. The zero-order chi connectivity index (χ0) is 22.1. The lowest BCUT2D eigenvalue weighted by Crippen LogP contribution is -2.66. The third-order valence-corrected chi connectivity index (χ3v) is 6.99. The number of aromatic amines is 1. The highest BCUT2D eigenvalue weighted by atomic mass is 19.3. The number of likely N-dealkylation sites (tertiary alicyclic amines) is 1. The molecule has 2 aliphatic carbocycles. The van der Waals surface area contributed by atoms with Gasteiger partial charge in [-0.2, -0.15) is 5.10 Å². The molecule has 3 N–H and O–H groups in total. The van der Waals surface area contributed by atoms with Crippen molar-refractivity contribution < 1.29 is 8.78 Å². The zero-order valence-corrected chi connectivity index (χ0v) is 18.6. The van der Waals surface area contributed by atoms with Gasteiger partial charge in [-0.05, 0) is 45.7 Å². The Morgan fingerprint density at radius 2 is 2.06 bits per heavy atom. The summed E-state index contributed by atoms with van der Waals surface area (Å²) >= 11 is 0. The smallest absolute Gasteiger partial charge is 0.258 e. The zero-order valence-electron chi connectivity index (χ0n) is 18.6. The predicted molar refractivity (Wildman–Crippen MR) is 120 cm³/mol. The number of halogens is 2. The fourth-order valence-electron chi connectivity index (χ4n) is 5.42. The van der Waals surface area contributed by atoms with Crippen LogP contribution in [0.15, 0.2) is 35.6 Å². The second-order valence-electron chi connectivity index (χ2n) is 9.50. The molecule has 3 aliphatic rings. The number of amidine groups is 1. The Kier molecular flexibility index (Phi) is 6.19. The van der Waals surface area contributed by atoms with Crippen LogP contribution in [0.5, 0.6) is 0 Å². The van der Waals surface area contributed by atoms with Crippen molar-refractivity contribution in [1.82, 2.24) is 25.7 Å². The summed E-state index contributed by atoms with van der Waals surface area (Å²) in [6.07, 6.45) is 9.68. The number of hydrogen-bond acceptors (Lipinski definition) is 4. The highest BCUT2D eigenvalue weighted by Crippen LogP contribution is 2.53. The maximum Gasteiger partial charge on any atom is 0.258 e. The summed E-state index contributed by atoms with van der Waals surface area (Å²) < 4.78 is 29.6. The quantitative estimate of drug-likeness (QED) is 0.459. The fraction of sp³-hybridized carbons (Fsp3) is 0.652. The molecule has 1 aromatic heterocycles. The first-order valence-electron chi connectivity index (χ1n) is 11.4. The van der Waals surface area contributed by atoms with Gasteiger partial charge < -0.3 is 15.5 Å². The summed E-state index contributed by atoms with van der Waals surface area (Å²) in [6.45, 7) is 6.86. The van der Waals surface area contributed by atoms with Crippen LogP contribution in [0.25, 0.3) is 0 Å². The van der Waals surface area contributed by atoms with E-state index in [2.05, 4.69) is 32.4 Å². The summed E-state index contributed by atoms with van der Waals surface area (Å²) in [6, 6.07) is 1.69. The number of allylic oxidation sites excluding steroid dienone is 1. The number of hydrogen-bond donors (Lipinski definition) is 3. The van der Waals surface area contributed by atoms with Crippen LogP contribution in [-0.2, 0) is 0 Å². The van der Waals surface area contributed by atoms with Crippen molar-refractivity contribution in [2.45, 2.75) is 69.8 Å². The lowest BCUT2D eigenvalue weighted by Gasteiger charge is -2.56. The van der Waals surface area contributed by atoms with E-state index in [4.69, 9.17) is 0 Å². The van der Waals surface area contributed by atoms with Crippen molar-refractivity contribution in [2.75, 3.05) is 20.1 Å². The van der Waals surface area contributed by atoms with E-state index in [9.17, 15) is 8.78 Å². The van der Waals surface area contributed by atoms with E-state index in [0.29, 0.717) is 49.3 Å². The molecule has 1 saturated heterocycles. The highest BCUT2D eigenvalue weighted by Gasteiger charge is 2.61. The second kappa shape index (κ2) is 8.73. The van der Waals surface area contributed by atoms with Gasteiger partial charge in [-0.15, -0.1) is 0 Å². The largest absolute Gasteiger partial charge is 0.369 e. The van der Waals surface area contributed by atoms with E-state index in [1.54, 1.807) is 0 Å². The molecule has 2 saturated carbocycles. The van der Waals surface area contributed by atoms with E-state index in [1.165, 1.54) is 25.7 Å². The summed E-state index contributed by atoms with van der Waals surface area (Å²) in [5.74, 6) is -0.467. The van der Waals surface area contributed by atoms with Gasteiger partial charge in [-0.1, -0.05) is 25.5 Å². The topological polar surface area (TPSA) is 68.3 Å². The molecule has 0 aromatic carbocycles. The number of rotatable bonds is 6. The Morgan fingerprint density at radius 3 is 2.71 bits per heavy atom.